The first-order valence-electron chi connectivity index (χ1n) is 5.94. The van der Waals surface area contributed by atoms with Gasteiger partial charge in [0.15, 0.2) is 0 Å². The van der Waals surface area contributed by atoms with Gasteiger partial charge >= 0.3 is 5.97 Å². The molecule has 0 saturated carbocycles. The van der Waals surface area contributed by atoms with Crippen LogP contribution in [0.4, 0.5) is 15.8 Å². The number of nitrogens with two attached hydrogens (primary N) is 1. The smallest absolute Gasteiger partial charge is 0.338 e. The van der Waals surface area contributed by atoms with E-state index < -0.39 is 17.3 Å². The van der Waals surface area contributed by atoms with Crippen molar-refractivity contribution >= 4 is 28.7 Å². The number of nitrogens with one attached hydrogen (secondary N) is 1. The highest BCUT2D eigenvalue weighted by Crippen LogP contribution is 2.23. The number of hydrogen-bond donors (Lipinski definition) is 3. The molecule has 1 aromatic heterocycles. The summed E-state index contributed by atoms with van der Waals surface area (Å²) in [4.78, 5) is 15.1. The maximum absolute atomic E-state index is 13.5. The largest absolute Gasteiger partial charge is 0.478 e. The Morgan fingerprint density at radius 2 is 2.30 bits per heavy atom. The van der Waals surface area contributed by atoms with Crippen LogP contribution in [0, 0.1) is 12.7 Å². The predicted molar refractivity (Wildman–Crippen MR) is 76.8 cm³/mol. The molecule has 1 aromatic carbocycles. The zero-order valence-corrected chi connectivity index (χ0v) is 11.6. The average Bonchev–Trinajstić information content (AvgIpc) is 2.78. The summed E-state index contributed by atoms with van der Waals surface area (Å²) in [6.07, 6.45) is 0.687. The van der Waals surface area contributed by atoms with Crippen LogP contribution >= 0.6 is 11.3 Å². The van der Waals surface area contributed by atoms with Gasteiger partial charge in [-0.2, -0.15) is 0 Å². The molecule has 0 unspecified atom stereocenters. The van der Waals surface area contributed by atoms with E-state index in [1.165, 1.54) is 0 Å². The van der Waals surface area contributed by atoms with Gasteiger partial charge in [-0.15, -0.1) is 11.3 Å². The topological polar surface area (TPSA) is 88.2 Å². The van der Waals surface area contributed by atoms with Crippen molar-refractivity contribution in [2.75, 3.05) is 17.6 Å². The van der Waals surface area contributed by atoms with Crippen molar-refractivity contribution in [3.63, 3.8) is 0 Å². The maximum atomic E-state index is 13.5. The van der Waals surface area contributed by atoms with Crippen LogP contribution in [0.5, 0.6) is 0 Å². The molecule has 0 fully saturated rings. The van der Waals surface area contributed by atoms with Crippen molar-refractivity contribution < 1.29 is 14.3 Å². The molecular formula is C13H14FN3O2S. The zero-order valence-electron chi connectivity index (χ0n) is 10.8. The summed E-state index contributed by atoms with van der Waals surface area (Å²) in [7, 11) is 0. The van der Waals surface area contributed by atoms with Gasteiger partial charge in [0.2, 0.25) is 0 Å². The third-order valence-corrected chi connectivity index (χ3v) is 3.56. The standard InChI is InChI=1S/C13H14FN3O2S/c1-7-17-8(6-20-7)2-3-16-12-5-10(14)9(13(18)19)4-11(12)15/h4-6,16H,2-3,15H2,1H3,(H,18,19). The number of halogens is 1. The molecule has 0 atom stereocenters. The Bertz CT molecular complexity index is 643. The Balaban J connectivity index is 2.03. The number of carboxylic acid groups (broad SMARTS) is 1. The summed E-state index contributed by atoms with van der Waals surface area (Å²) >= 11 is 1.57. The van der Waals surface area contributed by atoms with Crippen molar-refractivity contribution in [2.45, 2.75) is 13.3 Å². The van der Waals surface area contributed by atoms with E-state index in [9.17, 15) is 9.18 Å². The van der Waals surface area contributed by atoms with E-state index in [0.717, 1.165) is 22.8 Å². The summed E-state index contributed by atoms with van der Waals surface area (Å²) in [5.41, 5.74) is 6.83. The monoisotopic (exact) mass is 295 g/mol. The van der Waals surface area contributed by atoms with Gasteiger partial charge in [0, 0.05) is 18.3 Å². The number of aromatic nitrogens is 1. The molecule has 5 nitrogen and oxygen atoms in total. The number of rotatable bonds is 5. The van der Waals surface area contributed by atoms with Crippen LogP contribution in [0.2, 0.25) is 0 Å². The van der Waals surface area contributed by atoms with Gasteiger partial charge in [0.05, 0.1) is 27.6 Å². The van der Waals surface area contributed by atoms with Crippen LogP contribution in [0.3, 0.4) is 0 Å². The Morgan fingerprint density at radius 3 is 2.90 bits per heavy atom. The van der Waals surface area contributed by atoms with E-state index in [0.29, 0.717) is 18.7 Å². The van der Waals surface area contributed by atoms with Crippen molar-refractivity contribution in [1.82, 2.24) is 4.98 Å². The fraction of sp³-hybridized carbons (Fsp3) is 0.231. The van der Waals surface area contributed by atoms with Crippen LogP contribution in [0.25, 0.3) is 0 Å². The Labute approximate surface area is 119 Å². The molecule has 106 valence electrons. The molecule has 0 aliphatic heterocycles. The lowest BCUT2D eigenvalue weighted by Crippen LogP contribution is -2.09. The first kappa shape index (κ1) is 14.3. The number of carbonyl (C=O) groups is 1. The summed E-state index contributed by atoms with van der Waals surface area (Å²) in [6, 6.07) is 2.22. The molecule has 4 N–H and O–H groups in total. The quantitative estimate of drug-likeness (QED) is 0.738. The van der Waals surface area contributed by atoms with Crippen LogP contribution in [0.15, 0.2) is 17.5 Å². The minimum Gasteiger partial charge on any atom is -0.478 e. The number of aromatic carboxylic acids is 1. The molecule has 0 bridgehead atoms. The number of anilines is 2. The second kappa shape index (κ2) is 5.87. The van der Waals surface area contributed by atoms with Crippen LogP contribution in [-0.2, 0) is 6.42 Å². The Kier molecular flexibility index (Phi) is 4.19. The lowest BCUT2D eigenvalue weighted by molar-refractivity contribution is 0.0692. The van der Waals surface area contributed by atoms with E-state index in [4.69, 9.17) is 10.8 Å². The minimum absolute atomic E-state index is 0.207. The van der Waals surface area contributed by atoms with Crippen molar-refractivity contribution in [2.24, 2.45) is 0 Å². The molecule has 2 rings (SSSR count). The lowest BCUT2D eigenvalue weighted by atomic mass is 10.1. The van der Waals surface area contributed by atoms with E-state index in [2.05, 4.69) is 10.3 Å². The number of nitrogen functional groups attached to an aromatic ring is 1. The van der Waals surface area contributed by atoms with Crippen molar-refractivity contribution in [3.05, 3.63) is 39.6 Å². The Morgan fingerprint density at radius 1 is 1.55 bits per heavy atom. The molecule has 0 spiro atoms. The summed E-state index contributed by atoms with van der Waals surface area (Å²) in [5, 5.41) is 14.7. The second-order valence-electron chi connectivity index (χ2n) is 4.26. The minimum atomic E-state index is -1.33. The number of thiazole rings is 1. The second-order valence-corrected chi connectivity index (χ2v) is 5.32. The summed E-state index contributed by atoms with van der Waals surface area (Å²) in [6.45, 7) is 2.47. The SMILES string of the molecule is Cc1nc(CCNc2cc(F)c(C(=O)O)cc2N)cs1. The normalized spacial score (nSPS) is 10.5. The molecule has 0 amide bonds. The van der Waals surface area contributed by atoms with Gasteiger partial charge in [-0.1, -0.05) is 0 Å². The number of aryl methyl sites for hydroxylation is 1. The van der Waals surface area contributed by atoms with Gasteiger partial charge in [0.25, 0.3) is 0 Å². The number of carboxylic acids is 1. The van der Waals surface area contributed by atoms with Gasteiger partial charge in [-0.05, 0) is 19.1 Å². The molecule has 0 aliphatic rings. The fourth-order valence-corrected chi connectivity index (χ4v) is 2.40. The summed E-state index contributed by atoms with van der Waals surface area (Å²) < 4.78 is 13.5. The number of nitrogens with zero attached hydrogens (tertiary/aromatic N) is 1. The third-order valence-electron chi connectivity index (χ3n) is 2.73. The number of hydrogen-bond acceptors (Lipinski definition) is 5. The van der Waals surface area contributed by atoms with E-state index in [-0.39, 0.29) is 5.69 Å². The highest BCUT2D eigenvalue weighted by atomic mass is 32.1. The van der Waals surface area contributed by atoms with E-state index >= 15 is 0 Å². The molecular weight excluding hydrogens is 281 g/mol. The van der Waals surface area contributed by atoms with E-state index in [1.807, 2.05) is 12.3 Å². The molecule has 0 radical (unpaired) electrons. The average molecular weight is 295 g/mol. The molecule has 1 heterocycles. The summed E-state index contributed by atoms with van der Waals surface area (Å²) in [5.74, 6) is -2.14. The molecule has 20 heavy (non-hydrogen) atoms. The molecule has 0 saturated heterocycles. The van der Waals surface area contributed by atoms with Crippen molar-refractivity contribution in [3.8, 4) is 0 Å². The number of benzene rings is 1. The first-order valence-corrected chi connectivity index (χ1v) is 6.82. The molecule has 2 aromatic rings. The first-order chi connectivity index (χ1) is 9.47. The molecule has 7 heteroatoms. The highest BCUT2D eigenvalue weighted by Gasteiger charge is 2.13. The zero-order chi connectivity index (χ0) is 14.7. The van der Waals surface area contributed by atoms with Crippen LogP contribution in [0.1, 0.15) is 21.1 Å². The Hall–Kier alpha value is -2.15. The maximum Gasteiger partial charge on any atom is 0.338 e. The van der Waals surface area contributed by atoms with Crippen LogP contribution in [-0.4, -0.2) is 22.6 Å². The predicted octanol–water partition coefficient (Wildman–Crippen LogP) is 2.53. The fourth-order valence-electron chi connectivity index (χ4n) is 1.76. The lowest BCUT2D eigenvalue weighted by Gasteiger charge is -2.10. The van der Waals surface area contributed by atoms with E-state index in [1.54, 1.807) is 11.3 Å². The van der Waals surface area contributed by atoms with Gasteiger partial charge in [-0.3, -0.25) is 0 Å². The highest BCUT2D eigenvalue weighted by molar-refractivity contribution is 7.09. The van der Waals surface area contributed by atoms with Crippen molar-refractivity contribution in [1.29, 1.82) is 0 Å². The van der Waals surface area contributed by atoms with Crippen LogP contribution < -0.4 is 11.1 Å². The van der Waals surface area contributed by atoms with Gasteiger partial charge in [-0.25, -0.2) is 14.2 Å². The third kappa shape index (κ3) is 3.24. The molecule has 0 aliphatic carbocycles. The van der Waals surface area contributed by atoms with Gasteiger partial charge in [0.1, 0.15) is 5.82 Å². The van der Waals surface area contributed by atoms with Gasteiger partial charge < -0.3 is 16.2 Å².